The summed E-state index contributed by atoms with van der Waals surface area (Å²) in [5.74, 6) is -0.901. The highest BCUT2D eigenvalue weighted by Gasteiger charge is 2.23. The topological polar surface area (TPSA) is 96.5 Å². The van der Waals surface area contributed by atoms with Crippen molar-refractivity contribution in [3.8, 4) is 0 Å². The molecule has 0 radical (unpaired) electrons. The van der Waals surface area contributed by atoms with Crippen LogP contribution in [0.4, 0.5) is 5.00 Å². The Labute approximate surface area is 116 Å². The maximum atomic E-state index is 12.0. The van der Waals surface area contributed by atoms with Gasteiger partial charge < -0.3 is 15.7 Å². The average Bonchev–Trinajstić information content (AvgIpc) is 2.76. The maximum Gasteiger partial charge on any atom is 0.340 e. The quantitative estimate of drug-likeness (QED) is 0.825. The minimum absolute atomic E-state index is 0.104. The number of rotatable bonds is 6. The van der Waals surface area contributed by atoms with E-state index in [4.69, 9.17) is 10.8 Å². The molecule has 0 aliphatic rings. The van der Waals surface area contributed by atoms with Crippen molar-refractivity contribution >= 4 is 28.4 Å². The van der Waals surface area contributed by atoms with Crippen molar-refractivity contribution in [3.05, 3.63) is 11.3 Å². The monoisotopic (exact) mass is 285 g/mol. The molecule has 1 heterocycles. The molecule has 6 nitrogen and oxygen atoms in total. The normalized spacial score (nSPS) is 12.2. The van der Waals surface area contributed by atoms with Crippen LogP contribution in [0.2, 0.25) is 0 Å². The Morgan fingerprint density at radius 2 is 2.16 bits per heavy atom. The molecule has 1 aromatic rings. The zero-order valence-corrected chi connectivity index (χ0v) is 12.2. The van der Waals surface area contributed by atoms with E-state index in [-0.39, 0.29) is 17.4 Å². The molecule has 0 saturated carbocycles. The van der Waals surface area contributed by atoms with Gasteiger partial charge in [0, 0.05) is 13.5 Å². The number of hydrogen-bond acceptors (Lipinski definition) is 5. The molecule has 7 heteroatoms. The number of carboxylic acids is 1. The van der Waals surface area contributed by atoms with Crippen molar-refractivity contribution in [2.24, 2.45) is 11.7 Å². The third-order valence-electron chi connectivity index (χ3n) is 2.99. The van der Waals surface area contributed by atoms with E-state index in [1.807, 2.05) is 6.92 Å². The zero-order chi connectivity index (χ0) is 14.6. The van der Waals surface area contributed by atoms with Crippen molar-refractivity contribution in [3.63, 3.8) is 0 Å². The molecule has 1 aromatic heterocycles. The van der Waals surface area contributed by atoms with Gasteiger partial charge in [-0.3, -0.25) is 4.79 Å². The number of hydrogen-bond donors (Lipinski definition) is 2. The zero-order valence-electron chi connectivity index (χ0n) is 11.3. The van der Waals surface area contributed by atoms with Gasteiger partial charge in [-0.05, 0) is 37.3 Å². The lowest BCUT2D eigenvalue weighted by atomic mass is 10.1. The van der Waals surface area contributed by atoms with Crippen LogP contribution < -0.4 is 10.6 Å². The highest BCUT2D eigenvalue weighted by atomic mass is 32.1. The third kappa shape index (κ3) is 3.74. The molecule has 106 valence electrons. The van der Waals surface area contributed by atoms with Crippen molar-refractivity contribution in [2.45, 2.75) is 26.7 Å². The van der Waals surface area contributed by atoms with Gasteiger partial charge in [0.15, 0.2) is 0 Å². The van der Waals surface area contributed by atoms with Crippen molar-refractivity contribution in [1.82, 2.24) is 4.37 Å². The van der Waals surface area contributed by atoms with Gasteiger partial charge in [0.2, 0.25) is 5.91 Å². The number of nitrogens with zero attached hydrogens (tertiary/aromatic N) is 2. The van der Waals surface area contributed by atoms with E-state index < -0.39 is 5.97 Å². The predicted octanol–water partition coefficient (Wildman–Crippen LogP) is 1.49. The Bertz CT molecular complexity index is 473. The first kappa shape index (κ1) is 15.6. The highest BCUT2D eigenvalue weighted by Crippen LogP contribution is 2.28. The second kappa shape index (κ2) is 6.63. The first-order valence-electron chi connectivity index (χ1n) is 6.04. The van der Waals surface area contributed by atoms with E-state index in [0.29, 0.717) is 30.1 Å². The summed E-state index contributed by atoms with van der Waals surface area (Å²) in [4.78, 5) is 24.5. The first-order valence-corrected chi connectivity index (χ1v) is 6.82. The Hall–Kier alpha value is -1.47. The summed E-state index contributed by atoms with van der Waals surface area (Å²) in [7, 11) is 1.58. The molecular formula is C12H19N3O3S. The molecule has 0 bridgehead atoms. The lowest BCUT2D eigenvalue weighted by Gasteiger charge is -2.17. The van der Waals surface area contributed by atoms with Crippen LogP contribution in [0.1, 0.15) is 35.8 Å². The molecular weight excluding hydrogens is 266 g/mol. The van der Waals surface area contributed by atoms with Gasteiger partial charge in [0.25, 0.3) is 0 Å². The molecule has 0 aliphatic carbocycles. The summed E-state index contributed by atoms with van der Waals surface area (Å²) in [5, 5.41) is 9.52. The molecule has 0 saturated heterocycles. The van der Waals surface area contributed by atoms with Crippen LogP contribution in [0.15, 0.2) is 0 Å². The van der Waals surface area contributed by atoms with Crippen molar-refractivity contribution in [2.75, 3.05) is 18.5 Å². The minimum atomic E-state index is -1.06. The van der Waals surface area contributed by atoms with Crippen LogP contribution in [0.3, 0.4) is 0 Å². The Morgan fingerprint density at radius 1 is 1.53 bits per heavy atom. The van der Waals surface area contributed by atoms with E-state index in [9.17, 15) is 9.59 Å². The number of nitrogens with two attached hydrogens (primary N) is 1. The van der Waals surface area contributed by atoms with Crippen LogP contribution >= 0.6 is 11.5 Å². The molecule has 19 heavy (non-hydrogen) atoms. The second-order valence-electron chi connectivity index (χ2n) is 4.59. The fraction of sp³-hybridized carbons (Fsp3) is 0.583. The largest absolute Gasteiger partial charge is 0.478 e. The molecule has 1 unspecified atom stereocenters. The van der Waals surface area contributed by atoms with Gasteiger partial charge in [-0.25, -0.2) is 4.79 Å². The van der Waals surface area contributed by atoms with Crippen LogP contribution in [0.25, 0.3) is 0 Å². The van der Waals surface area contributed by atoms with Crippen LogP contribution in [0, 0.1) is 12.8 Å². The number of carboxylic acid groups (broad SMARTS) is 1. The first-order chi connectivity index (χ1) is 8.88. The number of aromatic nitrogens is 1. The minimum Gasteiger partial charge on any atom is -0.478 e. The molecule has 0 spiro atoms. The third-order valence-corrected chi connectivity index (χ3v) is 4.01. The summed E-state index contributed by atoms with van der Waals surface area (Å²) in [6.45, 7) is 4.14. The molecule has 1 amide bonds. The summed E-state index contributed by atoms with van der Waals surface area (Å²) >= 11 is 1.03. The summed E-state index contributed by atoms with van der Waals surface area (Å²) in [6, 6.07) is 0. The summed E-state index contributed by atoms with van der Waals surface area (Å²) in [6.07, 6.45) is 1.05. The van der Waals surface area contributed by atoms with Gasteiger partial charge >= 0.3 is 5.97 Å². The summed E-state index contributed by atoms with van der Waals surface area (Å²) in [5.41, 5.74) is 6.04. The Kier molecular flexibility index (Phi) is 5.44. The lowest BCUT2D eigenvalue weighted by Crippen LogP contribution is -2.27. The number of aromatic carboxylic acids is 1. The molecule has 3 N–H and O–H groups in total. The number of amides is 1. The SMILES string of the molecule is Cc1nsc(N(C)C(=O)CCC(C)CN)c1C(=O)O. The number of aryl methyl sites for hydroxylation is 1. The van der Waals surface area contributed by atoms with Crippen LogP contribution in [-0.2, 0) is 4.79 Å². The maximum absolute atomic E-state index is 12.0. The Balaban J connectivity index is 2.80. The Morgan fingerprint density at radius 3 is 2.68 bits per heavy atom. The van der Waals surface area contributed by atoms with Crippen LogP contribution in [-0.4, -0.2) is 34.9 Å². The molecule has 0 fully saturated rings. The smallest absolute Gasteiger partial charge is 0.340 e. The van der Waals surface area contributed by atoms with E-state index in [1.165, 1.54) is 4.90 Å². The van der Waals surface area contributed by atoms with E-state index in [2.05, 4.69) is 4.37 Å². The van der Waals surface area contributed by atoms with E-state index in [0.717, 1.165) is 11.5 Å². The van der Waals surface area contributed by atoms with Gasteiger partial charge in [0.05, 0.1) is 5.69 Å². The number of anilines is 1. The molecule has 0 aromatic carbocycles. The fourth-order valence-electron chi connectivity index (χ4n) is 1.60. The van der Waals surface area contributed by atoms with Gasteiger partial charge in [-0.2, -0.15) is 4.37 Å². The van der Waals surface area contributed by atoms with Crippen LogP contribution in [0.5, 0.6) is 0 Å². The van der Waals surface area contributed by atoms with Crippen molar-refractivity contribution in [1.29, 1.82) is 0 Å². The fourth-order valence-corrected chi connectivity index (χ4v) is 2.47. The molecule has 1 rings (SSSR count). The summed E-state index contributed by atoms with van der Waals surface area (Å²) < 4.78 is 4.00. The van der Waals surface area contributed by atoms with E-state index >= 15 is 0 Å². The molecule has 1 atom stereocenters. The number of carbonyl (C=O) groups excluding carboxylic acids is 1. The van der Waals surface area contributed by atoms with Gasteiger partial charge in [-0.15, -0.1) is 0 Å². The second-order valence-corrected chi connectivity index (χ2v) is 5.34. The van der Waals surface area contributed by atoms with Crippen molar-refractivity contribution < 1.29 is 14.7 Å². The lowest BCUT2D eigenvalue weighted by molar-refractivity contribution is -0.118. The average molecular weight is 285 g/mol. The number of carbonyl (C=O) groups is 2. The predicted molar refractivity (Wildman–Crippen MR) is 74.7 cm³/mol. The van der Waals surface area contributed by atoms with Gasteiger partial charge in [-0.1, -0.05) is 6.92 Å². The standard InChI is InChI=1S/C12H19N3O3S/c1-7(6-13)4-5-9(16)15(3)11-10(12(17)18)8(2)14-19-11/h7H,4-6,13H2,1-3H3,(H,17,18). The highest BCUT2D eigenvalue weighted by molar-refractivity contribution is 7.11. The van der Waals surface area contributed by atoms with Gasteiger partial charge in [0.1, 0.15) is 10.6 Å². The molecule has 0 aliphatic heterocycles. The van der Waals surface area contributed by atoms with E-state index in [1.54, 1.807) is 14.0 Å².